The molecule has 0 N–H and O–H groups in total. The number of benzene rings is 5. The van der Waals surface area contributed by atoms with Crippen LogP contribution in [0.5, 0.6) is 23.0 Å². The first kappa shape index (κ1) is 25.7. The topological polar surface area (TPSA) is 74.0 Å². The number of rotatable bonds is 9. The molecule has 0 atom stereocenters. The molecule has 0 aliphatic carbocycles. The minimum atomic E-state index is -3.53. The second-order valence-electron chi connectivity index (χ2n) is 8.58. The van der Waals surface area contributed by atoms with Gasteiger partial charge in [-0.1, -0.05) is 108 Å². The van der Waals surface area contributed by atoms with Crippen LogP contribution >= 0.6 is 15.3 Å². The van der Waals surface area contributed by atoms with Gasteiger partial charge < -0.3 is 18.1 Å². The van der Waals surface area contributed by atoms with Crippen molar-refractivity contribution in [3.8, 4) is 23.0 Å². The minimum absolute atomic E-state index is 0.371. The summed E-state index contributed by atoms with van der Waals surface area (Å²) < 4.78 is 41.3. The summed E-state index contributed by atoms with van der Waals surface area (Å²) in [6.45, 7) is 0. The Kier molecular flexibility index (Phi) is 7.49. The normalized spacial score (nSPS) is 14.9. The third kappa shape index (κ3) is 6.18. The van der Waals surface area contributed by atoms with Crippen molar-refractivity contribution in [2.75, 3.05) is 0 Å². The van der Waals surface area contributed by atoms with Crippen LogP contribution in [0.25, 0.3) is 0 Å². The van der Waals surface area contributed by atoms with Crippen LogP contribution in [-0.2, 0) is 0 Å². The van der Waals surface area contributed by atoms with E-state index in [2.05, 4.69) is 0 Å². The maximum atomic E-state index is 6.57. The summed E-state index contributed by atoms with van der Waals surface area (Å²) in [5.41, 5.74) is 0.757. The van der Waals surface area contributed by atoms with Gasteiger partial charge in [-0.15, -0.1) is 0 Å². The fraction of sp³-hybridized carbons (Fsp3) is 0. The zero-order valence-electron chi connectivity index (χ0n) is 21.3. The number of para-hydroxylation sites is 4. The van der Waals surface area contributed by atoms with Gasteiger partial charge in [-0.25, -0.2) is 0 Å². The molecule has 6 rings (SSSR count). The van der Waals surface area contributed by atoms with E-state index in [1.807, 2.05) is 152 Å². The Balaban J connectivity index is 1.61. The van der Waals surface area contributed by atoms with E-state index in [1.54, 1.807) is 0 Å². The first-order valence-corrected chi connectivity index (χ1v) is 15.7. The van der Waals surface area contributed by atoms with Crippen LogP contribution in [-0.4, -0.2) is 5.84 Å². The molecule has 0 amide bonds. The molecule has 9 heteroatoms. The molecule has 5 aromatic rings. The molecule has 5 aromatic carbocycles. The molecule has 0 aromatic heterocycles. The van der Waals surface area contributed by atoms with E-state index in [1.165, 1.54) is 0 Å². The van der Waals surface area contributed by atoms with Crippen molar-refractivity contribution < 1.29 is 18.1 Å². The van der Waals surface area contributed by atoms with Gasteiger partial charge in [-0.2, -0.15) is 9.51 Å². The van der Waals surface area contributed by atoms with Crippen LogP contribution in [0.3, 0.4) is 0 Å². The lowest BCUT2D eigenvalue weighted by Gasteiger charge is -2.29. The Bertz CT molecular complexity index is 1520. The van der Waals surface area contributed by atoms with Crippen molar-refractivity contribution in [1.29, 1.82) is 0 Å². The van der Waals surface area contributed by atoms with E-state index < -0.39 is 15.3 Å². The molecule has 0 saturated carbocycles. The average molecular weight is 566 g/mol. The highest BCUT2D eigenvalue weighted by Crippen LogP contribution is 2.68. The molecule has 0 spiro atoms. The quantitative estimate of drug-likeness (QED) is 0.167. The van der Waals surface area contributed by atoms with E-state index in [4.69, 9.17) is 32.1 Å². The Morgan fingerprint density at radius 2 is 0.700 bits per heavy atom. The molecule has 7 nitrogen and oxygen atoms in total. The van der Waals surface area contributed by atoms with E-state index in [-0.39, 0.29) is 0 Å². The van der Waals surface area contributed by atoms with Gasteiger partial charge in [0.25, 0.3) is 0 Å². The van der Waals surface area contributed by atoms with Crippen molar-refractivity contribution in [3.05, 3.63) is 157 Å². The summed E-state index contributed by atoms with van der Waals surface area (Å²) in [5.74, 6) is 2.56. The highest BCUT2D eigenvalue weighted by molar-refractivity contribution is 7.68. The van der Waals surface area contributed by atoms with E-state index >= 15 is 0 Å². The molecular weight excluding hydrogens is 540 g/mol. The van der Waals surface area contributed by atoms with Crippen LogP contribution in [0.2, 0.25) is 0 Å². The molecule has 0 saturated heterocycles. The summed E-state index contributed by atoms with van der Waals surface area (Å²) in [6, 6.07) is 47.0. The fourth-order valence-corrected chi connectivity index (χ4v) is 8.55. The molecule has 198 valence electrons. The van der Waals surface area contributed by atoms with Crippen molar-refractivity contribution in [2.45, 2.75) is 0 Å². The lowest BCUT2D eigenvalue weighted by molar-refractivity contribution is 0.459. The van der Waals surface area contributed by atoms with Crippen molar-refractivity contribution >= 4 is 21.2 Å². The molecule has 1 heterocycles. The SMILES string of the molecule is c1ccc(OP2(Oc3ccccc3)=NC(c3ccccc3)=NP(Oc3ccccc3)(Oc3ccccc3)=N2)cc1. The van der Waals surface area contributed by atoms with E-state index in [0.29, 0.717) is 28.8 Å². The van der Waals surface area contributed by atoms with E-state index in [9.17, 15) is 0 Å². The van der Waals surface area contributed by atoms with Crippen LogP contribution in [0.4, 0.5) is 0 Å². The maximum Gasteiger partial charge on any atom is 0.456 e. The number of amidine groups is 1. The zero-order valence-corrected chi connectivity index (χ0v) is 23.1. The minimum Gasteiger partial charge on any atom is -0.413 e. The average Bonchev–Trinajstić information content (AvgIpc) is 2.99. The first-order valence-electron chi connectivity index (χ1n) is 12.6. The standard InChI is InChI=1S/C31H25N3O4P2/c1-6-16-26(17-7-1)31-32-39(35-27-18-8-2-9-19-27,36-28-20-10-3-11-21-28)34-40(33-31,37-29-22-12-4-13-23-29)38-30-24-14-5-15-25-30/h1-25H. The lowest BCUT2D eigenvalue weighted by Crippen LogP contribution is -2.12. The smallest absolute Gasteiger partial charge is 0.413 e. The third-order valence-corrected chi connectivity index (χ3v) is 10.1. The largest absolute Gasteiger partial charge is 0.456 e. The van der Waals surface area contributed by atoms with Crippen LogP contribution in [0.1, 0.15) is 5.56 Å². The van der Waals surface area contributed by atoms with Gasteiger partial charge in [0.2, 0.25) is 0 Å². The van der Waals surface area contributed by atoms with E-state index in [0.717, 1.165) is 5.56 Å². The van der Waals surface area contributed by atoms with Crippen LogP contribution in [0, 0.1) is 0 Å². The van der Waals surface area contributed by atoms with Gasteiger partial charge in [-0.05, 0) is 48.5 Å². The number of nitrogens with zero attached hydrogens (tertiary/aromatic N) is 3. The predicted molar refractivity (Wildman–Crippen MR) is 160 cm³/mol. The van der Waals surface area contributed by atoms with Crippen molar-refractivity contribution in [3.63, 3.8) is 0 Å². The molecule has 0 radical (unpaired) electrons. The summed E-state index contributed by atoms with van der Waals surface area (Å²) in [5, 5.41) is 0. The number of hydrogen-bond acceptors (Lipinski definition) is 7. The maximum absolute atomic E-state index is 6.57. The van der Waals surface area contributed by atoms with Crippen molar-refractivity contribution in [2.24, 2.45) is 14.0 Å². The highest BCUT2D eigenvalue weighted by Gasteiger charge is 2.41. The molecule has 0 unspecified atom stereocenters. The molecule has 1 aliphatic rings. The van der Waals surface area contributed by atoms with Gasteiger partial charge >= 0.3 is 15.3 Å². The predicted octanol–water partition coefficient (Wildman–Crippen LogP) is 9.66. The summed E-state index contributed by atoms with van der Waals surface area (Å²) in [4.78, 5) is 0. The molecule has 0 fully saturated rings. The summed E-state index contributed by atoms with van der Waals surface area (Å²) in [7, 11) is -7.07. The van der Waals surface area contributed by atoms with Gasteiger partial charge in [-0.3, -0.25) is 0 Å². The van der Waals surface area contributed by atoms with Gasteiger partial charge in [0, 0.05) is 5.56 Å². The number of hydrogen-bond donors (Lipinski definition) is 0. The van der Waals surface area contributed by atoms with Gasteiger partial charge in [0.05, 0.1) is 0 Å². The summed E-state index contributed by atoms with van der Waals surface area (Å²) >= 11 is 0. The first-order chi connectivity index (χ1) is 19.7. The van der Waals surface area contributed by atoms with Crippen LogP contribution in [0.15, 0.2) is 166 Å². The Morgan fingerprint density at radius 1 is 0.375 bits per heavy atom. The Labute approximate surface area is 233 Å². The highest BCUT2D eigenvalue weighted by atomic mass is 31.2. The second kappa shape index (κ2) is 11.7. The van der Waals surface area contributed by atoms with Gasteiger partial charge in [0.1, 0.15) is 23.0 Å². The monoisotopic (exact) mass is 565 g/mol. The Morgan fingerprint density at radius 3 is 1.07 bits per heavy atom. The molecule has 40 heavy (non-hydrogen) atoms. The molecular formula is C31H25N3O4P2. The summed E-state index contributed by atoms with van der Waals surface area (Å²) in [6.07, 6.45) is 0. The lowest BCUT2D eigenvalue weighted by atomic mass is 10.2. The Hall–Kier alpha value is -4.57. The molecule has 0 bridgehead atoms. The second-order valence-corrected chi connectivity index (χ2v) is 12.4. The van der Waals surface area contributed by atoms with Crippen molar-refractivity contribution in [1.82, 2.24) is 0 Å². The van der Waals surface area contributed by atoms with Crippen LogP contribution < -0.4 is 18.1 Å². The fourth-order valence-electron chi connectivity index (χ4n) is 3.81. The zero-order chi connectivity index (χ0) is 27.1. The molecule has 1 aliphatic heterocycles. The van der Waals surface area contributed by atoms with Gasteiger partial charge in [0.15, 0.2) is 5.84 Å². The third-order valence-electron chi connectivity index (χ3n) is 5.57.